The van der Waals surface area contributed by atoms with Gasteiger partial charge in [-0.05, 0) is 48.4 Å². The highest BCUT2D eigenvalue weighted by Crippen LogP contribution is 2.28. The molecule has 2 amide bonds. The lowest BCUT2D eigenvalue weighted by atomic mass is 10.1. The van der Waals surface area contributed by atoms with Crippen LogP contribution < -0.4 is 15.4 Å². The number of para-hydroxylation sites is 2. The van der Waals surface area contributed by atoms with E-state index in [2.05, 4.69) is 10.6 Å². The minimum Gasteiger partial charge on any atom is -0.480 e. The van der Waals surface area contributed by atoms with Crippen LogP contribution in [-0.4, -0.2) is 17.9 Å². The summed E-state index contributed by atoms with van der Waals surface area (Å²) in [5.41, 5.74) is 3.80. The minimum absolute atomic E-state index is 0.227. The van der Waals surface area contributed by atoms with Crippen molar-refractivity contribution in [3.8, 4) is 5.75 Å². The summed E-state index contributed by atoms with van der Waals surface area (Å²) in [6, 6.07) is 22.1. The van der Waals surface area contributed by atoms with Crippen molar-refractivity contribution in [1.29, 1.82) is 0 Å². The SMILES string of the molecule is Cc1ccccc1NC(=O)c1cccc(NC(=O)C2Cc3ccccc3O2)c1. The Hall–Kier alpha value is -3.60. The van der Waals surface area contributed by atoms with Crippen LogP contribution in [-0.2, 0) is 11.2 Å². The molecule has 0 bridgehead atoms. The quantitative estimate of drug-likeness (QED) is 0.722. The highest BCUT2D eigenvalue weighted by Gasteiger charge is 2.28. The zero-order chi connectivity index (χ0) is 19.5. The maximum atomic E-state index is 12.6. The van der Waals surface area contributed by atoms with Crippen LogP contribution >= 0.6 is 0 Å². The van der Waals surface area contributed by atoms with Gasteiger partial charge in [0.15, 0.2) is 6.10 Å². The highest BCUT2D eigenvalue weighted by molar-refractivity contribution is 6.06. The molecule has 140 valence electrons. The van der Waals surface area contributed by atoms with E-state index in [0.29, 0.717) is 17.7 Å². The monoisotopic (exact) mass is 372 g/mol. The molecule has 2 N–H and O–H groups in total. The predicted octanol–water partition coefficient (Wildman–Crippen LogP) is 4.19. The Balaban J connectivity index is 1.43. The van der Waals surface area contributed by atoms with Crippen molar-refractivity contribution in [2.75, 3.05) is 10.6 Å². The molecule has 1 aliphatic rings. The summed E-state index contributed by atoms with van der Waals surface area (Å²) < 4.78 is 5.72. The third-order valence-corrected chi connectivity index (χ3v) is 4.73. The van der Waals surface area contributed by atoms with Crippen molar-refractivity contribution >= 4 is 23.2 Å². The molecule has 0 aliphatic carbocycles. The minimum atomic E-state index is -0.568. The predicted molar refractivity (Wildman–Crippen MR) is 109 cm³/mol. The number of rotatable bonds is 4. The molecule has 1 atom stereocenters. The molecule has 5 nitrogen and oxygen atoms in total. The number of benzene rings is 3. The highest BCUT2D eigenvalue weighted by atomic mass is 16.5. The molecule has 0 saturated heterocycles. The van der Waals surface area contributed by atoms with Gasteiger partial charge in [-0.3, -0.25) is 9.59 Å². The van der Waals surface area contributed by atoms with Crippen LogP contribution in [0.5, 0.6) is 5.75 Å². The number of carbonyl (C=O) groups excluding carboxylic acids is 2. The van der Waals surface area contributed by atoms with Crippen molar-refractivity contribution in [3.63, 3.8) is 0 Å². The second-order valence-electron chi connectivity index (χ2n) is 6.76. The van der Waals surface area contributed by atoms with Crippen LogP contribution in [0.15, 0.2) is 72.8 Å². The lowest BCUT2D eigenvalue weighted by Crippen LogP contribution is -2.31. The van der Waals surface area contributed by atoms with Crippen LogP contribution in [0.1, 0.15) is 21.5 Å². The lowest BCUT2D eigenvalue weighted by Gasteiger charge is -2.13. The lowest BCUT2D eigenvalue weighted by molar-refractivity contribution is -0.122. The van der Waals surface area contributed by atoms with E-state index < -0.39 is 6.10 Å². The topological polar surface area (TPSA) is 67.4 Å². The van der Waals surface area contributed by atoms with Crippen LogP contribution in [0.3, 0.4) is 0 Å². The summed E-state index contributed by atoms with van der Waals surface area (Å²) in [7, 11) is 0. The first-order valence-electron chi connectivity index (χ1n) is 9.12. The van der Waals surface area contributed by atoms with Crippen molar-refractivity contribution in [3.05, 3.63) is 89.5 Å². The Labute approximate surface area is 163 Å². The van der Waals surface area contributed by atoms with Gasteiger partial charge >= 0.3 is 0 Å². The third kappa shape index (κ3) is 3.74. The van der Waals surface area contributed by atoms with Crippen LogP contribution in [0.4, 0.5) is 11.4 Å². The molecule has 3 aromatic rings. The zero-order valence-corrected chi connectivity index (χ0v) is 15.4. The van der Waals surface area contributed by atoms with Gasteiger partial charge < -0.3 is 15.4 Å². The average molecular weight is 372 g/mol. The Kier molecular flexibility index (Phi) is 4.81. The number of fused-ring (bicyclic) bond motifs is 1. The number of anilines is 2. The summed E-state index contributed by atoms with van der Waals surface area (Å²) in [6.07, 6.45) is -0.0306. The van der Waals surface area contributed by atoms with E-state index in [1.165, 1.54) is 0 Å². The Morgan fingerprint density at radius 1 is 0.929 bits per heavy atom. The summed E-state index contributed by atoms with van der Waals surface area (Å²) >= 11 is 0. The van der Waals surface area contributed by atoms with Crippen LogP contribution in [0.25, 0.3) is 0 Å². The fraction of sp³-hybridized carbons (Fsp3) is 0.130. The molecule has 0 spiro atoms. The van der Waals surface area contributed by atoms with Crippen LogP contribution in [0.2, 0.25) is 0 Å². The Morgan fingerprint density at radius 3 is 2.54 bits per heavy atom. The fourth-order valence-corrected chi connectivity index (χ4v) is 3.20. The molecule has 0 saturated carbocycles. The molecule has 0 radical (unpaired) electrons. The van der Waals surface area contributed by atoms with Crippen LogP contribution in [0, 0.1) is 6.92 Å². The van der Waals surface area contributed by atoms with E-state index >= 15 is 0 Å². The van der Waals surface area contributed by atoms with Crippen molar-refractivity contribution < 1.29 is 14.3 Å². The first-order valence-corrected chi connectivity index (χ1v) is 9.12. The van der Waals surface area contributed by atoms with Crippen molar-refractivity contribution in [2.45, 2.75) is 19.4 Å². The summed E-state index contributed by atoms with van der Waals surface area (Å²) in [5, 5.41) is 5.74. The average Bonchev–Trinajstić information content (AvgIpc) is 3.14. The molecule has 0 aromatic heterocycles. The van der Waals surface area contributed by atoms with E-state index in [0.717, 1.165) is 22.6 Å². The molecular weight excluding hydrogens is 352 g/mol. The first kappa shape index (κ1) is 17.8. The summed E-state index contributed by atoms with van der Waals surface area (Å²) in [4.78, 5) is 25.1. The van der Waals surface area contributed by atoms with Gasteiger partial charge in [-0.15, -0.1) is 0 Å². The Bertz CT molecular complexity index is 1020. The van der Waals surface area contributed by atoms with E-state index in [1.807, 2.05) is 55.5 Å². The van der Waals surface area contributed by atoms with Gasteiger partial charge in [0.2, 0.25) is 0 Å². The number of carbonyl (C=O) groups is 2. The van der Waals surface area contributed by atoms with Gasteiger partial charge in [-0.25, -0.2) is 0 Å². The largest absolute Gasteiger partial charge is 0.480 e. The summed E-state index contributed by atoms with van der Waals surface area (Å²) in [5.74, 6) is 0.289. The number of hydrogen-bond donors (Lipinski definition) is 2. The van der Waals surface area contributed by atoms with Gasteiger partial charge in [0.25, 0.3) is 11.8 Å². The van der Waals surface area contributed by atoms with Gasteiger partial charge in [-0.2, -0.15) is 0 Å². The van der Waals surface area contributed by atoms with E-state index in [9.17, 15) is 9.59 Å². The normalized spacial score (nSPS) is 14.7. The third-order valence-electron chi connectivity index (χ3n) is 4.73. The number of ether oxygens (including phenoxy) is 1. The second kappa shape index (κ2) is 7.56. The van der Waals surface area contributed by atoms with Gasteiger partial charge in [0, 0.05) is 23.4 Å². The maximum absolute atomic E-state index is 12.6. The number of aryl methyl sites for hydroxylation is 1. The number of hydrogen-bond acceptors (Lipinski definition) is 3. The standard InChI is InChI=1S/C23H20N2O3/c1-15-7-2-4-11-19(15)25-22(26)17-9-6-10-18(13-17)24-23(27)21-14-16-8-3-5-12-20(16)28-21/h2-13,21H,14H2,1H3,(H,24,27)(H,25,26). The molecular formula is C23H20N2O3. The molecule has 4 rings (SSSR count). The molecule has 5 heteroatoms. The molecule has 0 fully saturated rings. The van der Waals surface area contributed by atoms with Gasteiger partial charge in [0.1, 0.15) is 5.75 Å². The van der Waals surface area contributed by atoms with Gasteiger partial charge in [0.05, 0.1) is 0 Å². The van der Waals surface area contributed by atoms with Crippen molar-refractivity contribution in [1.82, 2.24) is 0 Å². The molecule has 28 heavy (non-hydrogen) atoms. The van der Waals surface area contributed by atoms with E-state index in [4.69, 9.17) is 4.74 Å². The molecule has 3 aromatic carbocycles. The summed E-state index contributed by atoms with van der Waals surface area (Å²) in [6.45, 7) is 1.94. The Morgan fingerprint density at radius 2 is 1.71 bits per heavy atom. The van der Waals surface area contributed by atoms with E-state index in [1.54, 1.807) is 24.3 Å². The maximum Gasteiger partial charge on any atom is 0.265 e. The number of amides is 2. The molecule has 1 aliphatic heterocycles. The van der Waals surface area contributed by atoms with Gasteiger partial charge in [-0.1, -0.05) is 42.5 Å². The molecule has 1 heterocycles. The smallest absolute Gasteiger partial charge is 0.265 e. The molecule has 1 unspecified atom stereocenters. The fourth-order valence-electron chi connectivity index (χ4n) is 3.20. The number of nitrogens with one attached hydrogen (secondary N) is 2. The zero-order valence-electron chi connectivity index (χ0n) is 15.4. The van der Waals surface area contributed by atoms with Crippen molar-refractivity contribution in [2.24, 2.45) is 0 Å². The van der Waals surface area contributed by atoms with E-state index in [-0.39, 0.29) is 11.8 Å². The second-order valence-corrected chi connectivity index (χ2v) is 6.76. The first-order chi connectivity index (χ1) is 13.6.